The van der Waals surface area contributed by atoms with E-state index in [1.54, 1.807) is 6.07 Å². The number of hydrogen-bond donors (Lipinski definition) is 2. The molecule has 1 aromatic carbocycles. The van der Waals surface area contributed by atoms with Gasteiger partial charge in [0.15, 0.2) is 0 Å². The number of ether oxygens (including phenoxy) is 1. The van der Waals surface area contributed by atoms with Crippen LogP contribution in [0.5, 0.6) is 5.75 Å². The lowest BCUT2D eigenvalue weighted by Gasteiger charge is -2.43. The maximum absolute atomic E-state index is 12.7. The van der Waals surface area contributed by atoms with Crippen LogP contribution in [0.2, 0.25) is 0 Å². The fraction of sp³-hybridized carbons (Fsp3) is 0.714. The van der Waals surface area contributed by atoms with Crippen molar-refractivity contribution in [3.05, 3.63) is 29.8 Å². The van der Waals surface area contributed by atoms with Crippen LogP contribution in [0.15, 0.2) is 24.3 Å². The molecule has 2 N–H and O–H groups in total. The van der Waals surface area contributed by atoms with Crippen LogP contribution in [0, 0.1) is 0 Å². The first-order chi connectivity index (χ1) is 13.3. The number of hydrogen-bond acceptors (Lipinski definition) is 4. The van der Waals surface area contributed by atoms with Gasteiger partial charge in [-0.25, -0.2) is 0 Å². The van der Waals surface area contributed by atoms with E-state index in [4.69, 9.17) is 0 Å². The number of benzene rings is 1. The Hall–Kier alpha value is -0.730. The highest BCUT2D eigenvalue weighted by atomic mass is 35.5. The Balaban J connectivity index is 0.00000225. The zero-order valence-corrected chi connectivity index (χ0v) is 18.9. The molecule has 2 atom stereocenters. The van der Waals surface area contributed by atoms with Crippen LogP contribution in [-0.4, -0.2) is 54.7 Å². The Morgan fingerprint density at radius 3 is 2.53 bits per heavy atom. The molecule has 0 radical (unpaired) electrons. The van der Waals surface area contributed by atoms with Crippen LogP contribution >= 0.6 is 24.8 Å². The van der Waals surface area contributed by atoms with Crippen LogP contribution in [-0.2, 0) is 0 Å². The minimum atomic E-state index is -4.72. The highest BCUT2D eigenvalue weighted by Gasteiger charge is 2.40. The summed E-state index contributed by atoms with van der Waals surface area (Å²) in [7, 11) is 1.96. The number of nitrogens with one attached hydrogen (secondary N) is 1. The van der Waals surface area contributed by atoms with Gasteiger partial charge in [0.1, 0.15) is 5.75 Å². The number of piperidine rings is 1. The summed E-state index contributed by atoms with van der Waals surface area (Å²) in [6.45, 7) is 2.48. The lowest BCUT2D eigenvalue weighted by molar-refractivity contribution is -0.274. The minimum absolute atomic E-state index is 0. The molecule has 0 spiro atoms. The van der Waals surface area contributed by atoms with Crippen LogP contribution < -0.4 is 10.1 Å². The molecule has 2 aliphatic rings. The predicted octanol–water partition coefficient (Wildman–Crippen LogP) is 4.89. The highest BCUT2D eigenvalue weighted by molar-refractivity contribution is 5.85. The molecule has 2 fully saturated rings. The van der Waals surface area contributed by atoms with Crippen molar-refractivity contribution in [2.75, 3.05) is 26.7 Å². The molecule has 9 heteroatoms. The second-order valence-corrected chi connectivity index (χ2v) is 8.22. The molecule has 0 aromatic heterocycles. The molecular weight excluding hydrogens is 440 g/mol. The molecule has 1 saturated carbocycles. The standard InChI is InChI=1S/C21H31F3N2O2.2ClH/c1-25-17-8-6-12-26(14-17)15-19(20(27)10-3-2-4-11-20)16-7-5-9-18(13-16)28-21(22,23)24;;/h5,7,9,13,17,19,25,27H,2-4,6,8,10-12,14-15H2,1H3;2*1H/t17-,19?;;/m0../s1. The zero-order chi connectivity index (χ0) is 20.2. The molecule has 1 aromatic rings. The summed E-state index contributed by atoms with van der Waals surface area (Å²) in [6.07, 6.45) is 1.84. The van der Waals surface area contributed by atoms with Gasteiger partial charge in [-0.05, 0) is 57.0 Å². The normalized spacial score (nSPS) is 23.0. The van der Waals surface area contributed by atoms with E-state index in [0.29, 0.717) is 25.4 Å². The average Bonchev–Trinajstić information content (AvgIpc) is 2.65. The van der Waals surface area contributed by atoms with E-state index in [-0.39, 0.29) is 36.5 Å². The van der Waals surface area contributed by atoms with E-state index in [0.717, 1.165) is 50.8 Å². The quantitative estimate of drug-likeness (QED) is 0.618. The van der Waals surface area contributed by atoms with Crippen molar-refractivity contribution in [3.63, 3.8) is 0 Å². The van der Waals surface area contributed by atoms with E-state index < -0.39 is 12.0 Å². The van der Waals surface area contributed by atoms with Crippen molar-refractivity contribution in [3.8, 4) is 5.75 Å². The summed E-state index contributed by atoms with van der Waals surface area (Å²) >= 11 is 0. The Bertz CT molecular complexity index is 643. The van der Waals surface area contributed by atoms with Gasteiger partial charge in [0, 0.05) is 25.0 Å². The zero-order valence-electron chi connectivity index (χ0n) is 17.3. The summed E-state index contributed by atoms with van der Waals surface area (Å²) < 4.78 is 42.1. The van der Waals surface area contributed by atoms with E-state index in [1.165, 1.54) is 12.1 Å². The predicted molar refractivity (Wildman–Crippen MR) is 117 cm³/mol. The van der Waals surface area contributed by atoms with Gasteiger partial charge in [0.05, 0.1) is 5.60 Å². The van der Waals surface area contributed by atoms with Crippen LogP contribution in [0.3, 0.4) is 0 Å². The van der Waals surface area contributed by atoms with Gasteiger partial charge in [-0.15, -0.1) is 38.0 Å². The third-order valence-corrected chi connectivity index (χ3v) is 6.22. The van der Waals surface area contributed by atoms with Crippen molar-refractivity contribution in [1.82, 2.24) is 10.2 Å². The van der Waals surface area contributed by atoms with Gasteiger partial charge >= 0.3 is 6.36 Å². The summed E-state index contributed by atoms with van der Waals surface area (Å²) in [5.41, 5.74) is -0.167. The van der Waals surface area contributed by atoms with Crippen molar-refractivity contribution < 1.29 is 23.0 Å². The largest absolute Gasteiger partial charge is 0.573 e. The number of alkyl halides is 3. The number of aliphatic hydroxyl groups is 1. The van der Waals surface area contributed by atoms with Gasteiger partial charge in [-0.3, -0.25) is 0 Å². The summed E-state index contributed by atoms with van der Waals surface area (Å²) in [6, 6.07) is 6.58. The molecule has 1 saturated heterocycles. The number of likely N-dealkylation sites (tertiary alicyclic amines) is 1. The molecule has 1 unspecified atom stereocenters. The molecular formula is C21H33Cl2F3N2O2. The van der Waals surface area contributed by atoms with E-state index in [2.05, 4.69) is 15.0 Å². The molecule has 4 nitrogen and oxygen atoms in total. The van der Waals surface area contributed by atoms with Gasteiger partial charge in [0.2, 0.25) is 0 Å². The summed E-state index contributed by atoms with van der Waals surface area (Å²) in [5, 5.41) is 14.8. The van der Waals surface area contributed by atoms with E-state index in [1.807, 2.05) is 13.1 Å². The van der Waals surface area contributed by atoms with Crippen LogP contribution in [0.1, 0.15) is 56.4 Å². The Morgan fingerprint density at radius 1 is 1.20 bits per heavy atom. The Morgan fingerprint density at radius 2 is 1.90 bits per heavy atom. The van der Waals surface area contributed by atoms with Crippen LogP contribution in [0.4, 0.5) is 13.2 Å². The first-order valence-electron chi connectivity index (χ1n) is 10.3. The van der Waals surface area contributed by atoms with Gasteiger partial charge in [-0.2, -0.15) is 0 Å². The van der Waals surface area contributed by atoms with Crippen LogP contribution in [0.25, 0.3) is 0 Å². The molecule has 3 rings (SSSR count). The number of rotatable bonds is 6. The lowest BCUT2D eigenvalue weighted by Crippen LogP contribution is -2.49. The van der Waals surface area contributed by atoms with Gasteiger partial charge in [-0.1, -0.05) is 31.4 Å². The second kappa shape index (κ2) is 11.8. The molecule has 1 aliphatic carbocycles. The fourth-order valence-electron chi connectivity index (χ4n) is 4.74. The minimum Gasteiger partial charge on any atom is -0.406 e. The van der Waals surface area contributed by atoms with Crippen molar-refractivity contribution >= 4 is 24.8 Å². The SMILES string of the molecule is CN[C@H]1CCCN(CC(c2cccc(OC(F)(F)F)c2)C2(O)CCCCC2)C1.Cl.Cl. The molecule has 1 heterocycles. The first-order valence-corrected chi connectivity index (χ1v) is 10.3. The maximum Gasteiger partial charge on any atom is 0.573 e. The Labute approximate surface area is 189 Å². The maximum atomic E-state index is 12.7. The fourth-order valence-corrected chi connectivity index (χ4v) is 4.74. The van der Waals surface area contributed by atoms with Gasteiger partial charge in [0.25, 0.3) is 0 Å². The first kappa shape index (κ1) is 27.3. The summed E-state index contributed by atoms with van der Waals surface area (Å²) in [5.74, 6) is -0.457. The highest BCUT2D eigenvalue weighted by Crippen LogP contribution is 2.41. The third kappa shape index (κ3) is 7.45. The Kier molecular flexibility index (Phi) is 10.7. The van der Waals surface area contributed by atoms with Crippen molar-refractivity contribution in [2.45, 2.75) is 68.9 Å². The summed E-state index contributed by atoms with van der Waals surface area (Å²) in [4.78, 5) is 2.33. The molecule has 1 aliphatic heterocycles. The number of halogens is 5. The third-order valence-electron chi connectivity index (χ3n) is 6.22. The second-order valence-electron chi connectivity index (χ2n) is 8.22. The molecule has 174 valence electrons. The number of likely N-dealkylation sites (N-methyl/N-ethyl adjacent to an activating group) is 1. The molecule has 30 heavy (non-hydrogen) atoms. The molecule has 0 bridgehead atoms. The van der Waals surface area contributed by atoms with E-state index in [9.17, 15) is 18.3 Å². The molecule has 0 amide bonds. The van der Waals surface area contributed by atoms with Crippen molar-refractivity contribution in [1.29, 1.82) is 0 Å². The topological polar surface area (TPSA) is 44.7 Å². The lowest BCUT2D eigenvalue weighted by atomic mass is 9.72. The average molecular weight is 473 g/mol. The number of nitrogens with zero attached hydrogens (tertiary/aromatic N) is 1. The van der Waals surface area contributed by atoms with Gasteiger partial charge < -0.3 is 20.1 Å². The van der Waals surface area contributed by atoms with Crippen molar-refractivity contribution in [2.24, 2.45) is 0 Å². The monoisotopic (exact) mass is 472 g/mol. The smallest absolute Gasteiger partial charge is 0.406 e. The van der Waals surface area contributed by atoms with E-state index >= 15 is 0 Å².